The van der Waals surface area contributed by atoms with Gasteiger partial charge in [0, 0.05) is 44.2 Å². The molecule has 0 N–H and O–H groups in total. The van der Waals surface area contributed by atoms with Gasteiger partial charge >= 0.3 is 0 Å². The van der Waals surface area contributed by atoms with Crippen LogP contribution in [-0.2, 0) is 0 Å². The van der Waals surface area contributed by atoms with Crippen LogP contribution in [0.1, 0.15) is 0 Å². The molecule has 0 amide bonds. The highest BCUT2D eigenvalue weighted by Gasteiger charge is 2.21. The largest absolute Gasteiger partial charge is 0.456 e. The molecule has 9 aromatic rings. The fourth-order valence-corrected chi connectivity index (χ4v) is 6.47. The molecule has 3 heteroatoms. The molecule has 7 aromatic carbocycles. The first kappa shape index (κ1) is 23.9. The third-order valence-electron chi connectivity index (χ3n) is 8.46. The molecule has 0 spiro atoms. The van der Waals surface area contributed by atoms with Crippen LogP contribution >= 0.6 is 0 Å². The van der Waals surface area contributed by atoms with E-state index in [9.17, 15) is 0 Å². The highest BCUT2D eigenvalue weighted by atomic mass is 16.3. The summed E-state index contributed by atoms with van der Waals surface area (Å²) in [5, 5.41) is 6.85. The van der Waals surface area contributed by atoms with Gasteiger partial charge in [0.2, 0.25) is 0 Å². The van der Waals surface area contributed by atoms with Crippen LogP contribution in [0.5, 0.6) is 0 Å². The molecule has 0 aliphatic heterocycles. The van der Waals surface area contributed by atoms with Gasteiger partial charge in [-0.2, -0.15) is 0 Å². The van der Waals surface area contributed by atoms with E-state index in [0.29, 0.717) is 0 Å². The Morgan fingerprint density at radius 2 is 0.977 bits per heavy atom. The number of fused-ring (bicyclic) bond motifs is 7. The van der Waals surface area contributed by atoms with Gasteiger partial charge in [-0.3, -0.25) is 0 Å². The number of para-hydroxylation sites is 3. The number of furan rings is 2. The van der Waals surface area contributed by atoms with Gasteiger partial charge in [-0.25, -0.2) is 0 Å². The summed E-state index contributed by atoms with van der Waals surface area (Å²) in [5.74, 6) is 0. The average molecular weight is 552 g/mol. The van der Waals surface area contributed by atoms with Crippen molar-refractivity contribution >= 4 is 71.7 Å². The number of hydrogen-bond acceptors (Lipinski definition) is 3. The Labute approximate surface area is 247 Å². The van der Waals surface area contributed by atoms with Gasteiger partial charge in [0.15, 0.2) is 0 Å². The van der Waals surface area contributed by atoms with Gasteiger partial charge in [-0.15, -0.1) is 0 Å². The lowest BCUT2D eigenvalue weighted by Crippen LogP contribution is -2.11. The molecule has 0 saturated carbocycles. The van der Waals surface area contributed by atoms with E-state index in [4.69, 9.17) is 8.83 Å². The standard InChI is InChI=1S/C40H25NO2/c1-2-12-29-26(10-1)11-9-17-36(29)41(28-21-22-33-31-14-4-7-18-37(31)43-40(33)25-28)35-16-6-3-13-30(35)27-20-23-39-34(24-27)32-15-5-8-19-38(32)42-39/h1-25H. The molecule has 0 radical (unpaired) electrons. The lowest BCUT2D eigenvalue weighted by atomic mass is 9.99. The summed E-state index contributed by atoms with van der Waals surface area (Å²) in [5.41, 5.74) is 9.04. The summed E-state index contributed by atoms with van der Waals surface area (Å²) in [6, 6.07) is 53.2. The van der Waals surface area contributed by atoms with Crippen molar-refractivity contribution in [2.75, 3.05) is 4.90 Å². The first-order valence-corrected chi connectivity index (χ1v) is 14.5. The zero-order valence-corrected chi connectivity index (χ0v) is 23.2. The van der Waals surface area contributed by atoms with Crippen LogP contribution in [0.4, 0.5) is 17.1 Å². The molecule has 0 bridgehead atoms. The van der Waals surface area contributed by atoms with Crippen molar-refractivity contribution in [1.82, 2.24) is 0 Å². The smallest absolute Gasteiger partial charge is 0.137 e. The molecular weight excluding hydrogens is 526 g/mol. The second-order valence-electron chi connectivity index (χ2n) is 10.9. The lowest BCUT2D eigenvalue weighted by molar-refractivity contribution is 0.668. The summed E-state index contributed by atoms with van der Waals surface area (Å²) in [7, 11) is 0. The van der Waals surface area contributed by atoms with Crippen LogP contribution in [0, 0.1) is 0 Å². The molecule has 2 aromatic heterocycles. The lowest BCUT2D eigenvalue weighted by Gasteiger charge is -2.29. The summed E-state index contributed by atoms with van der Waals surface area (Å²) >= 11 is 0. The average Bonchev–Trinajstić information content (AvgIpc) is 3.63. The Hall–Kier alpha value is -5.80. The Bertz CT molecular complexity index is 2480. The van der Waals surface area contributed by atoms with E-state index in [2.05, 4.69) is 132 Å². The van der Waals surface area contributed by atoms with Crippen molar-refractivity contribution in [2.24, 2.45) is 0 Å². The van der Waals surface area contributed by atoms with Crippen molar-refractivity contribution in [1.29, 1.82) is 0 Å². The Kier molecular flexibility index (Phi) is 5.20. The van der Waals surface area contributed by atoms with E-state index in [1.165, 1.54) is 10.8 Å². The van der Waals surface area contributed by atoms with Gasteiger partial charge < -0.3 is 13.7 Å². The van der Waals surface area contributed by atoms with E-state index in [0.717, 1.165) is 72.1 Å². The van der Waals surface area contributed by atoms with Crippen LogP contribution in [-0.4, -0.2) is 0 Å². The molecule has 202 valence electrons. The zero-order chi connectivity index (χ0) is 28.3. The minimum absolute atomic E-state index is 0.868. The molecule has 0 saturated heterocycles. The molecule has 0 fully saturated rings. The minimum Gasteiger partial charge on any atom is -0.456 e. The second kappa shape index (κ2) is 9.37. The van der Waals surface area contributed by atoms with E-state index in [-0.39, 0.29) is 0 Å². The van der Waals surface area contributed by atoms with E-state index in [1.54, 1.807) is 0 Å². The number of nitrogens with zero attached hydrogens (tertiary/aromatic N) is 1. The van der Waals surface area contributed by atoms with Crippen LogP contribution in [0.15, 0.2) is 160 Å². The van der Waals surface area contributed by atoms with Crippen molar-refractivity contribution in [3.8, 4) is 11.1 Å². The van der Waals surface area contributed by atoms with Crippen LogP contribution in [0.25, 0.3) is 65.8 Å². The number of benzene rings is 7. The van der Waals surface area contributed by atoms with Gasteiger partial charge in [0.05, 0.1) is 11.4 Å². The fraction of sp³-hybridized carbons (Fsp3) is 0. The van der Waals surface area contributed by atoms with Gasteiger partial charge in [0.25, 0.3) is 0 Å². The van der Waals surface area contributed by atoms with Gasteiger partial charge in [-0.1, -0.05) is 97.1 Å². The molecular formula is C40H25NO2. The third kappa shape index (κ3) is 3.75. The van der Waals surface area contributed by atoms with Crippen LogP contribution in [0.2, 0.25) is 0 Å². The van der Waals surface area contributed by atoms with Gasteiger partial charge in [-0.05, 0) is 59.5 Å². The molecule has 2 heterocycles. The second-order valence-corrected chi connectivity index (χ2v) is 10.9. The summed E-state index contributed by atoms with van der Waals surface area (Å²) < 4.78 is 12.5. The highest BCUT2D eigenvalue weighted by Crippen LogP contribution is 2.45. The third-order valence-corrected chi connectivity index (χ3v) is 8.46. The predicted octanol–water partition coefficient (Wildman–Crippen LogP) is 11.8. The number of hydrogen-bond donors (Lipinski definition) is 0. The first-order valence-electron chi connectivity index (χ1n) is 14.5. The maximum absolute atomic E-state index is 6.36. The van der Waals surface area contributed by atoms with E-state index < -0.39 is 0 Å². The van der Waals surface area contributed by atoms with Crippen LogP contribution < -0.4 is 4.90 Å². The Morgan fingerprint density at radius 3 is 1.84 bits per heavy atom. The monoisotopic (exact) mass is 551 g/mol. The van der Waals surface area contributed by atoms with Crippen molar-refractivity contribution in [3.05, 3.63) is 152 Å². The summed E-state index contributed by atoms with van der Waals surface area (Å²) in [6.07, 6.45) is 0. The Balaban J connectivity index is 1.31. The quantitative estimate of drug-likeness (QED) is 0.218. The molecule has 43 heavy (non-hydrogen) atoms. The van der Waals surface area contributed by atoms with E-state index >= 15 is 0 Å². The van der Waals surface area contributed by atoms with Crippen molar-refractivity contribution < 1.29 is 8.83 Å². The maximum Gasteiger partial charge on any atom is 0.137 e. The first-order chi connectivity index (χ1) is 21.3. The summed E-state index contributed by atoms with van der Waals surface area (Å²) in [6.45, 7) is 0. The minimum atomic E-state index is 0.868. The predicted molar refractivity (Wildman–Crippen MR) is 179 cm³/mol. The molecule has 9 rings (SSSR count). The topological polar surface area (TPSA) is 29.5 Å². The van der Waals surface area contributed by atoms with Gasteiger partial charge in [0.1, 0.15) is 22.3 Å². The molecule has 0 atom stereocenters. The van der Waals surface area contributed by atoms with Crippen LogP contribution in [0.3, 0.4) is 0 Å². The normalized spacial score (nSPS) is 11.7. The van der Waals surface area contributed by atoms with E-state index in [1.807, 2.05) is 24.3 Å². The molecule has 0 aliphatic rings. The highest BCUT2D eigenvalue weighted by molar-refractivity contribution is 6.09. The number of anilines is 3. The number of rotatable bonds is 4. The molecule has 0 unspecified atom stereocenters. The molecule has 3 nitrogen and oxygen atoms in total. The van der Waals surface area contributed by atoms with Crippen molar-refractivity contribution in [2.45, 2.75) is 0 Å². The fourth-order valence-electron chi connectivity index (χ4n) is 6.47. The molecule has 0 aliphatic carbocycles. The zero-order valence-electron chi connectivity index (χ0n) is 23.2. The van der Waals surface area contributed by atoms with Crippen molar-refractivity contribution in [3.63, 3.8) is 0 Å². The Morgan fingerprint density at radius 1 is 0.372 bits per heavy atom. The summed E-state index contributed by atoms with van der Waals surface area (Å²) in [4.78, 5) is 2.36. The maximum atomic E-state index is 6.36. The SMILES string of the molecule is c1ccc(N(c2ccc3c(c2)oc2ccccc23)c2cccc3ccccc23)c(-c2ccc3oc4ccccc4c3c2)c1.